The van der Waals surface area contributed by atoms with Crippen molar-refractivity contribution in [3.05, 3.63) is 18.2 Å². The second-order valence-electron chi connectivity index (χ2n) is 3.38. The molecule has 4 heteroatoms. The van der Waals surface area contributed by atoms with E-state index in [2.05, 4.69) is 35.9 Å². The number of fused-ring (bicyclic) bond motifs is 1. The monoisotopic (exact) mass is 221 g/mol. The third-order valence-electron chi connectivity index (χ3n) is 2.52. The second-order valence-corrected chi connectivity index (χ2v) is 4.44. The lowest BCUT2D eigenvalue weighted by Crippen LogP contribution is -2.21. The van der Waals surface area contributed by atoms with Crippen molar-refractivity contribution in [1.82, 2.24) is 4.98 Å². The van der Waals surface area contributed by atoms with Crippen molar-refractivity contribution in [2.24, 2.45) is 0 Å². The van der Waals surface area contributed by atoms with Crippen molar-refractivity contribution < 1.29 is 0 Å². The van der Waals surface area contributed by atoms with Crippen molar-refractivity contribution in [2.45, 2.75) is 13.8 Å². The van der Waals surface area contributed by atoms with Gasteiger partial charge >= 0.3 is 0 Å². The normalized spacial score (nSPS) is 10.8. The van der Waals surface area contributed by atoms with Gasteiger partial charge in [-0.2, -0.15) is 0 Å². The number of nitrogens with zero attached hydrogens (tertiary/aromatic N) is 2. The minimum atomic E-state index is 0.640. The fourth-order valence-corrected chi connectivity index (χ4v) is 2.48. The Morgan fingerprint density at radius 2 is 2.07 bits per heavy atom. The van der Waals surface area contributed by atoms with E-state index < -0.39 is 0 Å². The molecule has 0 aliphatic heterocycles. The van der Waals surface area contributed by atoms with Crippen LogP contribution in [-0.2, 0) is 0 Å². The van der Waals surface area contributed by atoms with Crippen molar-refractivity contribution in [3.63, 3.8) is 0 Å². The lowest BCUT2D eigenvalue weighted by Gasteiger charge is -2.20. The Bertz CT molecular complexity index is 460. The minimum Gasteiger partial charge on any atom is -0.375 e. The predicted molar refractivity (Wildman–Crippen MR) is 67.6 cm³/mol. The summed E-state index contributed by atoms with van der Waals surface area (Å²) in [5.74, 6) is 0. The van der Waals surface area contributed by atoms with Gasteiger partial charge < -0.3 is 10.6 Å². The van der Waals surface area contributed by atoms with Crippen LogP contribution in [0.1, 0.15) is 13.8 Å². The first-order valence-electron chi connectivity index (χ1n) is 5.15. The van der Waals surface area contributed by atoms with Gasteiger partial charge in [0, 0.05) is 18.8 Å². The molecule has 0 bridgehead atoms. The van der Waals surface area contributed by atoms with Gasteiger partial charge in [-0.1, -0.05) is 11.3 Å². The molecule has 0 fully saturated rings. The van der Waals surface area contributed by atoms with Crippen molar-refractivity contribution in [2.75, 3.05) is 23.7 Å². The lowest BCUT2D eigenvalue weighted by molar-refractivity contribution is 0.867. The highest BCUT2D eigenvalue weighted by Crippen LogP contribution is 2.27. The number of hydrogen-bond donors (Lipinski definition) is 1. The van der Waals surface area contributed by atoms with Crippen molar-refractivity contribution >= 4 is 32.4 Å². The number of aromatic nitrogens is 1. The molecule has 15 heavy (non-hydrogen) atoms. The fraction of sp³-hybridized carbons (Fsp3) is 0.364. The first-order valence-corrected chi connectivity index (χ1v) is 5.97. The predicted octanol–water partition coefficient (Wildman–Crippen LogP) is 2.72. The number of nitrogen functional groups attached to an aromatic ring is 1. The van der Waals surface area contributed by atoms with E-state index in [1.54, 1.807) is 11.3 Å². The van der Waals surface area contributed by atoms with Crippen LogP contribution in [0.15, 0.2) is 18.2 Å². The molecule has 3 nitrogen and oxygen atoms in total. The quantitative estimate of drug-likeness (QED) is 0.866. The Labute approximate surface area is 93.5 Å². The lowest BCUT2D eigenvalue weighted by atomic mass is 10.2. The second kappa shape index (κ2) is 4.06. The van der Waals surface area contributed by atoms with E-state index in [-0.39, 0.29) is 0 Å². The summed E-state index contributed by atoms with van der Waals surface area (Å²) in [6.07, 6.45) is 0. The van der Waals surface area contributed by atoms with Crippen LogP contribution in [-0.4, -0.2) is 18.1 Å². The summed E-state index contributed by atoms with van der Waals surface area (Å²) in [5, 5.41) is 0.640. The number of thiazole rings is 1. The standard InChI is InChI=1S/C11H15N3S/c1-3-14(4-2)8-5-6-9-10(7-8)15-11(12)13-9/h5-7H,3-4H2,1-2H3,(H2,12,13). The van der Waals surface area contributed by atoms with Crippen LogP contribution in [0.5, 0.6) is 0 Å². The molecular formula is C11H15N3S. The zero-order valence-electron chi connectivity index (χ0n) is 9.03. The average molecular weight is 221 g/mol. The molecule has 0 spiro atoms. The summed E-state index contributed by atoms with van der Waals surface area (Å²) in [5.41, 5.74) is 7.92. The smallest absolute Gasteiger partial charge is 0.181 e. The Morgan fingerprint density at radius 3 is 2.73 bits per heavy atom. The van der Waals surface area contributed by atoms with E-state index in [1.807, 2.05) is 6.07 Å². The van der Waals surface area contributed by atoms with Gasteiger partial charge in [-0.25, -0.2) is 4.98 Å². The van der Waals surface area contributed by atoms with E-state index in [0.29, 0.717) is 5.13 Å². The largest absolute Gasteiger partial charge is 0.375 e. The first kappa shape index (κ1) is 10.2. The molecule has 1 heterocycles. The number of nitrogens with two attached hydrogens (primary N) is 1. The fourth-order valence-electron chi connectivity index (χ4n) is 1.72. The van der Waals surface area contributed by atoms with E-state index in [9.17, 15) is 0 Å². The summed E-state index contributed by atoms with van der Waals surface area (Å²) in [6, 6.07) is 6.31. The summed E-state index contributed by atoms with van der Waals surface area (Å²) < 4.78 is 1.16. The molecule has 0 aliphatic carbocycles. The van der Waals surface area contributed by atoms with Crippen molar-refractivity contribution in [3.8, 4) is 0 Å². The maximum atomic E-state index is 5.68. The number of hydrogen-bond acceptors (Lipinski definition) is 4. The van der Waals surface area contributed by atoms with E-state index in [0.717, 1.165) is 23.3 Å². The Hall–Kier alpha value is -1.29. The van der Waals surface area contributed by atoms with Crippen LogP contribution in [0.2, 0.25) is 0 Å². The molecule has 0 aliphatic rings. The van der Waals surface area contributed by atoms with Gasteiger partial charge in [0.25, 0.3) is 0 Å². The minimum absolute atomic E-state index is 0.640. The van der Waals surface area contributed by atoms with Crippen molar-refractivity contribution in [1.29, 1.82) is 0 Å². The van der Waals surface area contributed by atoms with Crippen LogP contribution in [0.25, 0.3) is 10.2 Å². The van der Waals surface area contributed by atoms with Crippen LogP contribution in [0.3, 0.4) is 0 Å². The zero-order chi connectivity index (χ0) is 10.8. The van der Waals surface area contributed by atoms with E-state index >= 15 is 0 Å². The molecule has 0 saturated heterocycles. The van der Waals surface area contributed by atoms with Gasteiger partial charge in [-0.15, -0.1) is 0 Å². The Morgan fingerprint density at radius 1 is 1.33 bits per heavy atom. The van der Waals surface area contributed by atoms with Gasteiger partial charge in [-0.3, -0.25) is 0 Å². The summed E-state index contributed by atoms with van der Waals surface area (Å²) in [7, 11) is 0. The molecule has 0 radical (unpaired) electrons. The van der Waals surface area contributed by atoms with Crippen LogP contribution < -0.4 is 10.6 Å². The summed E-state index contributed by atoms with van der Waals surface area (Å²) >= 11 is 1.54. The molecule has 2 N–H and O–H groups in total. The van der Waals surface area contributed by atoms with Gasteiger partial charge in [-0.05, 0) is 32.0 Å². The molecule has 0 atom stereocenters. The first-order chi connectivity index (χ1) is 7.24. The molecule has 0 amide bonds. The molecule has 80 valence electrons. The third kappa shape index (κ3) is 1.90. The van der Waals surface area contributed by atoms with E-state index in [1.165, 1.54) is 5.69 Å². The molecule has 2 aromatic rings. The molecule has 0 unspecified atom stereocenters. The van der Waals surface area contributed by atoms with Crippen LogP contribution in [0.4, 0.5) is 10.8 Å². The molecule has 0 saturated carbocycles. The highest BCUT2D eigenvalue weighted by molar-refractivity contribution is 7.22. The van der Waals surface area contributed by atoms with Gasteiger partial charge in [0.05, 0.1) is 10.2 Å². The maximum Gasteiger partial charge on any atom is 0.181 e. The summed E-state index contributed by atoms with van der Waals surface area (Å²) in [4.78, 5) is 6.56. The highest BCUT2D eigenvalue weighted by Gasteiger charge is 2.05. The number of anilines is 2. The zero-order valence-corrected chi connectivity index (χ0v) is 9.84. The van der Waals surface area contributed by atoms with Gasteiger partial charge in [0.1, 0.15) is 0 Å². The van der Waals surface area contributed by atoms with Gasteiger partial charge in [0.15, 0.2) is 5.13 Å². The summed E-state index contributed by atoms with van der Waals surface area (Å²) in [6.45, 7) is 6.37. The Kier molecular flexibility index (Phi) is 2.77. The SMILES string of the molecule is CCN(CC)c1ccc2nc(N)sc2c1. The average Bonchev–Trinajstić information content (AvgIpc) is 2.59. The number of rotatable bonds is 3. The van der Waals surface area contributed by atoms with Gasteiger partial charge in [0.2, 0.25) is 0 Å². The molecule has 2 rings (SSSR count). The highest BCUT2D eigenvalue weighted by atomic mass is 32.1. The molecule has 1 aromatic carbocycles. The van der Waals surface area contributed by atoms with E-state index in [4.69, 9.17) is 5.73 Å². The number of benzene rings is 1. The third-order valence-corrected chi connectivity index (χ3v) is 3.36. The van der Waals surface area contributed by atoms with Crippen LogP contribution >= 0.6 is 11.3 Å². The van der Waals surface area contributed by atoms with Crippen LogP contribution in [0, 0.1) is 0 Å². The topological polar surface area (TPSA) is 42.2 Å². The maximum absolute atomic E-state index is 5.68. The Balaban J connectivity index is 2.45. The molecule has 1 aromatic heterocycles. The molecular weight excluding hydrogens is 206 g/mol.